The third kappa shape index (κ3) is 5.89. The number of imidazole rings is 2. The largest absolute Gasteiger partial charge is 0.444 e. The van der Waals surface area contributed by atoms with Crippen LogP contribution in [-0.4, -0.2) is 71.5 Å². The fourth-order valence-electron chi connectivity index (χ4n) is 9.70. The van der Waals surface area contributed by atoms with E-state index in [-0.39, 0.29) is 41.5 Å². The number of aromatic nitrogens is 4. The molecule has 2 bridgehead atoms. The monoisotopic (exact) mass is 752 g/mol. The number of carbonyl (C=O) groups is 3. The summed E-state index contributed by atoms with van der Waals surface area (Å²) in [5.74, 6) is 1.88. The average molecular weight is 753 g/mol. The number of nitrogens with zero attached hydrogens (tertiary/aromatic N) is 4. The first-order valence-corrected chi connectivity index (χ1v) is 20.0. The molecule has 1 unspecified atom stereocenters. The molecule has 11 nitrogen and oxygen atoms in total. The highest BCUT2D eigenvalue weighted by atomic mass is 16.6. The Labute approximate surface area is 326 Å². The first-order valence-electron chi connectivity index (χ1n) is 20.0. The van der Waals surface area contributed by atoms with E-state index in [9.17, 15) is 14.4 Å². The van der Waals surface area contributed by atoms with Crippen LogP contribution in [0.2, 0.25) is 0 Å². The van der Waals surface area contributed by atoms with Crippen molar-refractivity contribution in [3.05, 3.63) is 83.6 Å². The summed E-state index contributed by atoms with van der Waals surface area (Å²) in [6, 6.07) is 18.1. The summed E-state index contributed by atoms with van der Waals surface area (Å²) in [6.45, 7) is 12.1. The number of benzene rings is 3. The molecule has 4 heterocycles. The maximum absolute atomic E-state index is 14.0. The van der Waals surface area contributed by atoms with Crippen molar-refractivity contribution < 1.29 is 23.9 Å². The molecule has 1 spiro atoms. The van der Waals surface area contributed by atoms with Gasteiger partial charge in [-0.1, -0.05) is 30.3 Å². The molecule has 4 fully saturated rings. The standard InChI is InChI=1S/C45H48N6O5/c1-43(2,3)55-41(53)50-23-45(15-16-45)21-36(50)39-46-22-35(49-39)26-9-13-30-29-12-8-24(18-31(29)38(52)32(30)19-26)25-10-14-33-34(20-25)48-40(47-33)37-27-7-11-28(17-27)51(37)42(54)56-44(4,5)6/h8-10,12-14,18-20,22,27-28,36-37H,7,11,15-17,21,23H2,1-6H3,(H,46,49)(H,47,48)/t27-,28+,36?,37-/m0/s1. The number of ketones is 1. The third-order valence-electron chi connectivity index (χ3n) is 12.4. The van der Waals surface area contributed by atoms with Crippen molar-refractivity contribution in [2.75, 3.05) is 6.54 Å². The third-order valence-corrected chi connectivity index (χ3v) is 12.4. The van der Waals surface area contributed by atoms with E-state index in [4.69, 9.17) is 19.4 Å². The van der Waals surface area contributed by atoms with Crippen LogP contribution in [0.1, 0.15) is 120 Å². The van der Waals surface area contributed by atoms with Gasteiger partial charge in [-0.2, -0.15) is 0 Å². The van der Waals surface area contributed by atoms with Gasteiger partial charge in [0.2, 0.25) is 0 Å². The molecule has 2 saturated heterocycles. The van der Waals surface area contributed by atoms with Crippen LogP contribution in [-0.2, 0) is 9.47 Å². The van der Waals surface area contributed by atoms with Gasteiger partial charge >= 0.3 is 12.2 Å². The van der Waals surface area contributed by atoms with Crippen LogP contribution in [0.4, 0.5) is 9.59 Å². The molecule has 56 heavy (non-hydrogen) atoms. The molecule has 2 N–H and O–H groups in total. The summed E-state index contributed by atoms with van der Waals surface area (Å²) in [7, 11) is 0. The Kier molecular flexibility index (Phi) is 7.52. The van der Waals surface area contributed by atoms with Crippen molar-refractivity contribution in [1.82, 2.24) is 29.7 Å². The van der Waals surface area contributed by atoms with Gasteiger partial charge in [0, 0.05) is 29.3 Å². The van der Waals surface area contributed by atoms with E-state index in [0.29, 0.717) is 23.6 Å². The molecule has 2 amide bonds. The Bertz CT molecular complexity index is 2460. The second kappa shape index (κ2) is 12.0. The molecule has 10 rings (SSSR count). The molecule has 2 aromatic heterocycles. The number of hydrogen-bond donors (Lipinski definition) is 2. The highest BCUT2D eigenvalue weighted by molar-refractivity contribution is 6.22. The maximum atomic E-state index is 14.0. The van der Waals surface area contributed by atoms with Gasteiger partial charge in [0.25, 0.3) is 0 Å². The minimum atomic E-state index is -0.578. The smallest absolute Gasteiger partial charge is 0.411 e. The van der Waals surface area contributed by atoms with E-state index in [2.05, 4.69) is 22.1 Å². The van der Waals surface area contributed by atoms with Gasteiger partial charge in [0.05, 0.1) is 35.0 Å². The Morgan fingerprint density at radius 3 is 2.16 bits per heavy atom. The number of likely N-dealkylation sites (tertiary alicyclic amines) is 2. The Morgan fingerprint density at radius 2 is 1.45 bits per heavy atom. The molecule has 3 aliphatic carbocycles. The zero-order valence-corrected chi connectivity index (χ0v) is 32.9. The predicted molar refractivity (Wildman–Crippen MR) is 212 cm³/mol. The lowest BCUT2D eigenvalue weighted by Gasteiger charge is -2.35. The number of H-pyrrole nitrogens is 2. The van der Waals surface area contributed by atoms with Crippen LogP contribution < -0.4 is 0 Å². The molecule has 2 aliphatic heterocycles. The lowest BCUT2D eigenvalue weighted by Crippen LogP contribution is -2.43. The van der Waals surface area contributed by atoms with Crippen LogP contribution in [0.15, 0.2) is 60.8 Å². The van der Waals surface area contributed by atoms with Crippen LogP contribution in [0.3, 0.4) is 0 Å². The van der Waals surface area contributed by atoms with Crippen molar-refractivity contribution in [2.24, 2.45) is 11.3 Å². The fourth-order valence-corrected chi connectivity index (χ4v) is 9.70. The molecule has 4 atom stereocenters. The Morgan fingerprint density at radius 1 is 0.786 bits per heavy atom. The van der Waals surface area contributed by atoms with Crippen LogP contribution in [0.25, 0.3) is 44.5 Å². The molecular formula is C45H48N6O5. The van der Waals surface area contributed by atoms with E-state index in [1.807, 2.05) is 93.8 Å². The van der Waals surface area contributed by atoms with Gasteiger partial charge < -0.3 is 19.4 Å². The van der Waals surface area contributed by atoms with Gasteiger partial charge in [-0.05, 0) is 138 Å². The summed E-state index contributed by atoms with van der Waals surface area (Å²) < 4.78 is 11.6. The van der Waals surface area contributed by atoms with Crippen molar-refractivity contribution in [3.63, 3.8) is 0 Å². The van der Waals surface area contributed by atoms with Crippen LogP contribution >= 0.6 is 0 Å². The molecule has 11 heteroatoms. The van der Waals surface area contributed by atoms with Crippen molar-refractivity contribution in [3.8, 4) is 33.5 Å². The highest BCUT2D eigenvalue weighted by Crippen LogP contribution is 2.58. The number of carbonyl (C=O) groups excluding carboxylic acids is 3. The summed E-state index contributed by atoms with van der Waals surface area (Å²) in [5.41, 5.74) is 7.50. The molecular weight excluding hydrogens is 705 g/mol. The van der Waals surface area contributed by atoms with E-state index < -0.39 is 11.2 Å². The maximum Gasteiger partial charge on any atom is 0.411 e. The second-order valence-electron chi connectivity index (χ2n) is 18.8. The number of aromatic amines is 2. The topological polar surface area (TPSA) is 134 Å². The van der Waals surface area contributed by atoms with Crippen molar-refractivity contribution in [2.45, 2.75) is 109 Å². The van der Waals surface area contributed by atoms with E-state index in [1.54, 1.807) is 6.20 Å². The van der Waals surface area contributed by atoms with Gasteiger partial charge in [-0.3, -0.25) is 14.6 Å². The number of piperidine rings is 1. The van der Waals surface area contributed by atoms with E-state index in [1.165, 1.54) is 0 Å². The summed E-state index contributed by atoms with van der Waals surface area (Å²) in [6.07, 6.45) is 7.35. The Balaban J connectivity index is 0.894. The molecule has 5 aliphatic rings. The number of ether oxygens (including phenoxy) is 2. The van der Waals surface area contributed by atoms with Crippen molar-refractivity contribution >= 4 is 29.0 Å². The number of rotatable bonds is 4. The number of fused-ring (bicyclic) bond motifs is 6. The normalized spacial score (nSPS) is 23.3. The molecule has 5 aromatic rings. The summed E-state index contributed by atoms with van der Waals surface area (Å²) in [4.78, 5) is 61.1. The van der Waals surface area contributed by atoms with E-state index in [0.717, 1.165) is 94.7 Å². The quantitative estimate of drug-likeness (QED) is 0.183. The predicted octanol–water partition coefficient (Wildman–Crippen LogP) is 9.75. The number of nitrogens with one attached hydrogen (secondary N) is 2. The fraction of sp³-hybridized carbons (Fsp3) is 0.444. The average Bonchev–Trinajstić information content (AvgIpc) is 3.80. The van der Waals surface area contributed by atoms with Crippen LogP contribution in [0.5, 0.6) is 0 Å². The number of amides is 2. The Hall–Kier alpha value is -5.45. The summed E-state index contributed by atoms with van der Waals surface area (Å²) in [5, 5.41) is 0. The molecule has 0 radical (unpaired) electrons. The molecule has 2 saturated carbocycles. The first-order chi connectivity index (χ1) is 26.6. The van der Waals surface area contributed by atoms with Gasteiger partial charge in [0.15, 0.2) is 5.78 Å². The van der Waals surface area contributed by atoms with E-state index >= 15 is 0 Å². The van der Waals surface area contributed by atoms with Gasteiger partial charge in [-0.15, -0.1) is 0 Å². The highest BCUT2D eigenvalue weighted by Gasteiger charge is 2.55. The summed E-state index contributed by atoms with van der Waals surface area (Å²) >= 11 is 0. The van der Waals surface area contributed by atoms with Gasteiger partial charge in [0.1, 0.15) is 22.9 Å². The molecule has 288 valence electrons. The lowest BCUT2D eigenvalue weighted by atomic mass is 9.98. The van der Waals surface area contributed by atoms with Crippen LogP contribution in [0, 0.1) is 11.3 Å². The minimum absolute atomic E-state index is 0.00978. The van der Waals surface area contributed by atoms with Crippen molar-refractivity contribution in [1.29, 1.82) is 0 Å². The minimum Gasteiger partial charge on any atom is -0.444 e. The SMILES string of the molecule is CC(C)(C)OC(=O)N1CC2(CC2)CC1c1ncc(-c2ccc3c(c2)C(=O)c2cc(-c4ccc5nc([C@@H]6[C@H]7CC[C@H](C7)N6C(=O)OC(C)(C)C)[nH]c5c4)ccc2-3)[nH]1. The molecule has 3 aromatic carbocycles. The zero-order valence-electron chi connectivity index (χ0n) is 32.9. The lowest BCUT2D eigenvalue weighted by molar-refractivity contribution is 0.00615. The second-order valence-corrected chi connectivity index (χ2v) is 18.8. The number of hydrogen-bond acceptors (Lipinski definition) is 7. The zero-order chi connectivity index (χ0) is 38.9. The first kappa shape index (κ1) is 35.0. The van der Waals surface area contributed by atoms with Gasteiger partial charge in [-0.25, -0.2) is 19.6 Å².